The van der Waals surface area contributed by atoms with Crippen molar-refractivity contribution in [2.24, 2.45) is 0 Å². The maximum absolute atomic E-state index is 11.7. The maximum atomic E-state index is 11.7. The SMILES string of the molecule is CC(C)(C)OC(=O)NCCn1cc(-c2cc(O)cc3ccccc23)cn1. The molecule has 0 aliphatic heterocycles. The van der Waals surface area contributed by atoms with Crippen LogP contribution in [0.5, 0.6) is 5.75 Å². The largest absolute Gasteiger partial charge is 0.508 e. The summed E-state index contributed by atoms with van der Waals surface area (Å²) in [7, 11) is 0. The Morgan fingerprint density at radius 1 is 1.27 bits per heavy atom. The van der Waals surface area contributed by atoms with Crippen molar-refractivity contribution >= 4 is 16.9 Å². The molecule has 0 bridgehead atoms. The maximum Gasteiger partial charge on any atom is 0.407 e. The number of carbonyl (C=O) groups excluding carboxylic acids is 1. The van der Waals surface area contributed by atoms with Gasteiger partial charge in [-0.2, -0.15) is 5.10 Å². The molecule has 2 aromatic carbocycles. The minimum absolute atomic E-state index is 0.220. The van der Waals surface area contributed by atoms with Crippen molar-refractivity contribution in [2.75, 3.05) is 6.54 Å². The highest BCUT2D eigenvalue weighted by Crippen LogP contribution is 2.32. The zero-order valence-corrected chi connectivity index (χ0v) is 15.2. The van der Waals surface area contributed by atoms with Crippen molar-refractivity contribution in [1.29, 1.82) is 0 Å². The van der Waals surface area contributed by atoms with E-state index in [-0.39, 0.29) is 5.75 Å². The van der Waals surface area contributed by atoms with Gasteiger partial charge in [-0.3, -0.25) is 4.68 Å². The fourth-order valence-corrected chi connectivity index (χ4v) is 2.75. The number of benzene rings is 2. The number of fused-ring (bicyclic) bond motifs is 1. The molecule has 0 radical (unpaired) electrons. The average Bonchev–Trinajstić information content (AvgIpc) is 3.01. The van der Waals surface area contributed by atoms with Gasteiger partial charge in [-0.25, -0.2) is 4.79 Å². The summed E-state index contributed by atoms with van der Waals surface area (Å²) in [4.78, 5) is 11.7. The highest BCUT2D eigenvalue weighted by atomic mass is 16.6. The number of nitrogens with zero attached hydrogens (tertiary/aromatic N) is 2. The summed E-state index contributed by atoms with van der Waals surface area (Å²) in [5, 5.41) is 19.1. The van der Waals surface area contributed by atoms with Gasteiger partial charge in [-0.1, -0.05) is 24.3 Å². The molecule has 26 heavy (non-hydrogen) atoms. The Kier molecular flexibility index (Phi) is 4.84. The van der Waals surface area contributed by atoms with Gasteiger partial charge in [0.25, 0.3) is 0 Å². The molecule has 1 aromatic heterocycles. The molecule has 0 fully saturated rings. The second-order valence-electron chi connectivity index (χ2n) is 7.14. The number of phenols is 1. The van der Waals surface area contributed by atoms with Crippen molar-refractivity contribution in [3.63, 3.8) is 0 Å². The number of aromatic nitrogens is 2. The van der Waals surface area contributed by atoms with Crippen molar-refractivity contribution < 1.29 is 14.6 Å². The van der Waals surface area contributed by atoms with Gasteiger partial charge in [-0.15, -0.1) is 0 Å². The molecule has 0 aliphatic rings. The van der Waals surface area contributed by atoms with E-state index in [1.54, 1.807) is 23.0 Å². The molecule has 3 aromatic rings. The third-order valence-corrected chi connectivity index (χ3v) is 3.80. The minimum atomic E-state index is -0.515. The monoisotopic (exact) mass is 353 g/mol. The lowest BCUT2D eigenvalue weighted by Crippen LogP contribution is -2.34. The molecular weight excluding hydrogens is 330 g/mol. The average molecular weight is 353 g/mol. The smallest absolute Gasteiger partial charge is 0.407 e. The van der Waals surface area contributed by atoms with Gasteiger partial charge in [0.15, 0.2) is 0 Å². The molecule has 1 amide bonds. The van der Waals surface area contributed by atoms with Gasteiger partial charge < -0.3 is 15.2 Å². The first-order chi connectivity index (χ1) is 12.3. The van der Waals surface area contributed by atoms with E-state index in [4.69, 9.17) is 4.74 Å². The lowest BCUT2D eigenvalue weighted by atomic mass is 10.0. The molecule has 0 saturated carbocycles. The van der Waals surface area contributed by atoms with Crippen molar-refractivity contribution in [3.8, 4) is 16.9 Å². The van der Waals surface area contributed by atoms with Gasteiger partial charge in [0.2, 0.25) is 0 Å². The predicted octanol–water partition coefficient (Wildman–Crippen LogP) is 3.93. The molecule has 0 unspecified atom stereocenters. The summed E-state index contributed by atoms with van der Waals surface area (Å²) < 4.78 is 6.96. The van der Waals surface area contributed by atoms with Gasteiger partial charge >= 0.3 is 6.09 Å². The van der Waals surface area contributed by atoms with E-state index in [2.05, 4.69) is 10.4 Å². The van der Waals surface area contributed by atoms with Crippen LogP contribution in [-0.2, 0) is 11.3 Å². The number of aromatic hydroxyl groups is 1. The molecule has 6 heteroatoms. The molecule has 3 rings (SSSR count). The van der Waals surface area contributed by atoms with Crippen LogP contribution in [0.1, 0.15) is 20.8 Å². The van der Waals surface area contributed by atoms with Crippen LogP contribution in [0.25, 0.3) is 21.9 Å². The summed E-state index contributed by atoms with van der Waals surface area (Å²) >= 11 is 0. The van der Waals surface area contributed by atoms with Crippen LogP contribution in [0.2, 0.25) is 0 Å². The number of nitrogens with one attached hydrogen (secondary N) is 1. The highest BCUT2D eigenvalue weighted by Gasteiger charge is 2.15. The second-order valence-corrected chi connectivity index (χ2v) is 7.14. The number of alkyl carbamates (subject to hydrolysis) is 1. The quantitative estimate of drug-likeness (QED) is 0.745. The number of hydrogen-bond donors (Lipinski definition) is 2. The van der Waals surface area contributed by atoms with Gasteiger partial charge in [-0.05, 0) is 49.2 Å². The predicted molar refractivity (Wildman–Crippen MR) is 101 cm³/mol. The summed E-state index contributed by atoms with van der Waals surface area (Å²) in [5.74, 6) is 0.220. The van der Waals surface area contributed by atoms with Gasteiger partial charge in [0, 0.05) is 18.3 Å². The molecule has 0 atom stereocenters. The van der Waals surface area contributed by atoms with Crippen LogP contribution in [0.4, 0.5) is 4.79 Å². The van der Waals surface area contributed by atoms with E-state index in [0.29, 0.717) is 13.1 Å². The fraction of sp³-hybridized carbons (Fsp3) is 0.300. The molecule has 1 heterocycles. The topological polar surface area (TPSA) is 76.4 Å². The summed E-state index contributed by atoms with van der Waals surface area (Å²) in [5.41, 5.74) is 1.32. The second kappa shape index (κ2) is 7.07. The minimum Gasteiger partial charge on any atom is -0.508 e. The Hall–Kier alpha value is -3.02. The van der Waals surface area contributed by atoms with Crippen LogP contribution in [0.15, 0.2) is 48.8 Å². The standard InChI is InChI=1S/C20H23N3O3/c1-20(2,3)26-19(25)21-8-9-23-13-15(12-22-23)18-11-16(24)10-14-6-4-5-7-17(14)18/h4-7,10-13,24H,8-9H2,1-3H3,(H,21,25). The lowest BCUT2D eigenvalue weighted by molar-refractivity contribution is 0.0525. The third-order valence-electron chi connectivity index (χ3n) is 3.80. The van der Waals surface area contributed by atoms with E-state index < -0.39 is 11.7 Å². The number of carbonyl (C=O) groups is 1. The Morgan fingerprint density at radius 3 is 2.81 bits per heavy atom. The number of hydrogen-bond acceptors (Lipinski definition) is 4. The molecule has 136 valence electrons. The molecule has 2 N–H and O–H groups in total. The van der Waals surface area contributed by atoms with E-state index >= 15 is 0 Å². The zero-order chi connectivity index (χ0) is 18.7. The fourth-order valence-electron chi connectivity index (χ4n) is 2.75. The molecule has 0 spiro atoms. The molecule has 6 nitrogen and oxygen atoms in total. The molecule has 0 aliphatic carbocycles. The first kappa shape index (κ1) is 17.8. The lowest BCUT2D eigenvalue weighted by Gasteiger charge is -2.19. The van der Waals surface area contributed by atoms with Crippen LogP contribution >= 0.6 is 0 Å². The van der Waals surface area contributed by atoms with Crippen molar-refractivity contribution in [3.05, 3.63) is 48.8 Å². The Morgan fingerprint density at radius 2 is 2.04 bits per heavy atom. The normalized spacial score (nSPS) is 11.5. The Bertz CT molecular complexity index is 925. The molecular formula is C20H23N3O3. The zero-order valence-electron chi connectivity index (χ0n) is 15.2. The Balaban J connectivity index is 1.70. The summed E-state index contributed by atoms with van der Waals surface area (Å²) in [6.45, 7) is 6.41. The van der Waals surface area contributed by atoms with Crippen molar-refractivity contribution in [2.45, 2.75) is 32.9 Å². The number of ether oxygens (including phenoxy) is 1. The van der Waals surface area contributed by atoms with Gasteiger partial charge in [0.1, 0.15) is 11.4 Å². The first-order valence-electron chi connectivity index (χ1n) is 8.53. The third kappa shape index (κ3) is 4.33. The van der Waals surface area contributed by atoms with E-state index in [1.165, 1.54) is 0 Å². The van der Waals surface area contributed by atoms with Crippen LogP contribution in [-0.4, -0.2) is 33.1 Å². The van der Waals surface area contributed by atoms with Crippen LogP contribution in [0, 0.1) is 0 Å². The number of phenolic OH excluding ortho intramolecular Hbond substituents is 1. The van der Waals surface area contributed by atoms with Crippen LogP contribution < -0.4 is 5.32 Å². The van der Waals surface area contributed by atoms with E-state index in [0.717, 1.165) is 21.9 Å². The summed E-state index contributed by atoms with van der Waals surface area (Å²) in [6.07, 6.45) is 3.22. The van der Waals surface area contributed by atoms with E-state index in [9.17, 15) is 9.90 Å². The Labute approximate surface area is 152 Å². The van der Waals surface area contributed by atoms with Crippen molar-refractivity contribution in [1.82, 2.24) is 15.1 Å². The highest BCUT2D eigenvalue weighted by molar-refractivity contribution is 5.97. The molecule has 0 saturated heterocycles. The first-order valence-corrected chi connectivity index (χ1v) is 8.53. The summed E-state index contributed by atoms with van der Waals surface area (Å²) in [6, 6.07) is 11.4. The number of rotatable bonds is 4. The van der Waals surface area contributed by atoms with Gasteiger partial charge in [0.05, 0.1) is 12.7 Å². The number of amides is 1. The van der Waals surface area contributed by atoms with Crippen LogP contribution in [0.3, 0.4) is 0 Å². The van der Waals surface area contributed by atoms with E-state index in [1.807, 2.05) is 51.2 Å².